The van der Waals surface area contributed by atoms with Crippen molar-refractivity contribution in [1.82, 2.24) is 10.2 Å². The van der Waals surface area contributed by atoms with Gasteiger partial charge in [-0.15, -0.1) is 10.2 Å². The molecule has 5 rings (SSSR count). The van der Waals surface area contributed by atoms with Gasteiger partial charge < -0.3 is 9.84 Å². The van der Waals surface area contributed by atoms with Gasteiger partial charge in [-0.2, -0.15) is 0 Å². The Balaban J connectivity index is 1.52. The lowest BCUT2D eigenvalue weighted by molar-refractivity contribution is -0.132. The number of Topliss-reactive ketones (excluding diaryl/α,β-unsaturated/α-hetero) is 1. The number of carbonyl (C=O) groups is 2. The highest BCUT2D eigenvalue weighted by Gasteiger charge is 2.48. The maximum Gasteiger partial charge on any atom is 0.301 e. The molecule has 2 heterocycles. The topological polar surface area (TPSA) is 92.6 Å². The van der Waals surface area contributed by atoms with Crippen LogP contribution in [0.2, 0.25) is 5.02 Å². The number of aromatic nitrogens is 2. The Hall–Kier alpha value is -3.73. The quantitative estimate of drug-likeness (QED) is 0.0819. The van der Waals surface area contributed by atoms with E-state index in [0.29, 0.717) is 33.0 Å². The monoisotopic (exact) mass is 581 g/mol. The minimum atomic E-state index is -0.979. The number of ether oxygens (including phenoxy) is 1. The summed E-state index contributed by atoms with van der Waals surface area (Å²) in [5.74, 6) is -1.39. The number of rotatable bonds is 8. The van der Waals surface area contributed by atoms with Crippen LogP contribution >= 0.6 is 34.7 Å². The molecule has 1 N–H and O–H groups in total. The summed E-state index contributed by atoms with van der Waals surface area (Å²) in [7, 11) is 0. The number of benzene rings is 3. The molecule has 4 aromatic rings. The van der Waals surface area contributed by atoms with E-state index >= 15 is 0 Å². The zero-order valence-corrected chi connectivity index (χ0v) is 22.9. The van der Waals surface area contributed by atoms with Crippen molar-refractivity contribution in [3.63, 3.8) is 0 Å². The SMILES string of the molecule is CCOc1ccc(C2/C(=C(/O)c3ccc(F)cc3)C(=O)C(=O)N2c2nnc(SCc3ccc(Cl)cc3)s2)cc1. The lowest BCUT2D eigenvalue weighted by atomic mass is 9.95. The molecule has 1 amide bonds. The lowest BCUT2D eigenvalue weighted by Crippen LogP contribution is -2.29. The summed E-state index contributed by atoms with van der Waals surface area (Å²) >= 11 is 8.57. The molecule has 1 aliphatic heterocycles. The molecule has 1 saturated heterocycles. The summed E-state index contributed by atoms with van der Waals surface area (Å²) in [5, 5.41) is 20.4. The third-order valence-electron chi connectivity index (χ3n) is 5.95. The third kappa shape index (κ3) is 5.68. The molecule has 198 valence electrons. The Labute approximate surface area is 236 Å². The Morgan fingerprint density at radius 3 is 2.41 bits per heavy atom. The number of amides is 1. The second-order valence-electron chi connectivity index (χ2n) is 8.44. The first-order valence-corrected chi connectivity index (χ1v) is 14.0. The second kappa shape index (κ2) is 11.6. The van der Waals surface area contributed by atoms with Crippen LogP contribution in [0.15, 0.2) is 82.7 Å². The summed E-state index contributed by atoms with van der Waals surface area (Å²) < 4.78 is 19.7. The summed E-state index contributed by atoms with van der Waals surface area (Å²) in [6.45, 7) is 2.34. The Bertz CT molecular complexity index is 1540. The fourth-order valence-corrected chi connectivity index (χ4v) is 6.05. The van der Waals surface area contributed by atoms with Crippen molar-refractivity contribution in [3.8, 4) is 5.75 Å². The molecule has 0 aliphatic carbocycles. The van der Waals surface area contributed by atoms with Gasteiger partial charge in [0, 0.05) is 16.3 Å². The van der Waals surface area contributed by atoms with E-state index in [9.17, 15) is 19.1 Å². The molecule has 1 aromatic heterocycles. The number of carbonyl (C=O) groups excluding carboxylic acids is 2. The molecular formula is C28H21ClFN3O4S2. The van der Waals surface area contributed by atoms with E-state index in [1.807, 2.05) is 19.1 Å². The van der Waals surface area contributed by atoms with Crippen LogP contribution in [0.1, 0.15) is 29.7 Å². The number of anilines is 1. The van der Waals surface area contributed by atoms with Gasteiger partial charge in [-0.1, -0.05) is 59.0 Å². The van der Waals surface area contributed by atoms with Gasteiger partial charge in [-0.25, -0.2) is 4.39 Å². The molecule has 1 unspecified atom stereocenters. The van der Waals surface area contributed by atoms with E-state index in [-0.39, 0.29) is 16.3 Å². The molecule has 39 heavy (non-hydrogen) atoms. The number of aliphatic hydroxyl groups excluding tert-OH is 1. The standard InChI is InChI=1S/C28H21ClFN3O4S2/c1-2-37-21-13-7-17(8-14-21)23-22(24(34)18-5-11-20(30)12-6-18)25(35)26(36)33(23)27-31-32-28(39-27)38-15-16-3-9-19(29)10-4-16/h3-14,23,34H,2,15H2,1H3/b24-22-. The molecule has 0 radical (unpaired) electrons. The summed E-state index contributed by atoms with van der Waals surface area (Å²) in [6, 6.07) is 18.4. The molecule has 0 saturated carbocycles. The molecule has 1 fully saturated rings. The molecule has 0 spiro atoms. The van der Waals surface area contributed by atoms with Crippen molar-refractivity contribution in [1.29, 1.82) is 0 Å². The van der Waals surface area contributed by atoms with Crippen LogP contribution in [0.5, 0.6) is 5.75 Å². The summed E-state index contributed by atoms with van der Waals surface area (Å²) in [4.78, 5) is 27.9. The number of ketones is 1. The van der Waals surface area contributed by atoms with Crippen LogP contribution in [-0.4, -0.2) is 33.6 Å². The third-order valence-corrected chi connectivity index (χ3v) is 8.33. The Kier molecular flexibility index (Phi) is 7.97. The van der Waals surface area contributed by atoms with Crippen LogP contribution in [0.4, 0.5) is 9.52 Å². The van der Waals surface area contributed by atoms with E-state index in [1.165, 1.54) is 52.3 Å². The van der Waals surface area contributed by atoms with Crippen molar-refractivity contribution in [2.45, 2.75) is 23.1 Å². The molecule has 7 nitrogen and oxygen atoms in total. The van der Waals surface area contributed by atoms with Gasteiger partial charge in [0.15, 0.2) is 4.34 Å². The van der Waals surface area contributed by atoms with Crippen molar-refractivity contribution < 1.29 is 23.8 Å². The highest BCUT2D eigenvalue weighted by Crippen LogP contribution is 2.44. The minimum absolute atomic E-state index is 0.124. The number of halogens is 2. The minimum Gasteiger partial charge on any atom is -0.507 e. The normalized spacial score (nSPS) is 16.6. The van der Waals surface area contributed by atoms with E-state index in [4.69, 9.17) is 16.3 Å². The predicted molar refractivity (Wildman–Crippen MR) is 150 cm³/mol. The maximum atomic E-state index is 13.5. The molecule has 1 atom stereocenters. The van der Waals surface area contributed by atoms with Gasteiger partial charge in [0.2, 0.25) is 5.13 Å². The summed E-state index contributed by atoms with van der Waals surface area (Å²) in [6.07, 6.45) is 0. The number of thioether (sulfide) groups is 1. The average molecular weight is 582 g/mol. The Morgan fingerprint density at radius 1 is 1.05 bits per heavy atom. The maximum absolute atomic E-state index is 13.5. The fourth-order valence-electron chi connectivity index (χ4n) is 4.11. The number of hydrogen-bond acceptors (Lipinski definition) is 8. The number of aliphatic hydroxyl groups is 1. The first kappa shape index (κ1) is 26.9. The van der Waals surface area contributed by atoms with Crippen LogP contribution < -0.4 is 9.64 Å². The van der Waals surface area contributed by atoms with Crippen LogP contribution in [0.25, 0.3) is 5.76 Å². The van der Waals surface area contributed by atoms with Gasteiger partial charge in [0.25, 0.3) is 5.78 Å². The van der Waals surface area contributed by atoms with Gasteiger partial charge in [0.05, 0.1) is 18.2 Å². The van der Waals surface area contributed by atoms with E-state index < -0.39 is 29.3 Å². The molecule has 0 bridgehead atoms. The van der Waals surface area contributed by atoms with Crippen molar-refractivity contribution in [2.24, 2.45) is 0 Å². The number of hydrogen-bond donors (Lipinski definition) is 1. The second-order valence-corrected chi connectivity index (χ2v) is 11.1. The smallest absolute Gasteiger partial charge is 0.301 e. The van der Waals surface area contributed by atoms with Crippen molar-refractivity contribution in [3.05, 3.63) is 106 Å². The highest BCUT2D eigenvalue weighted by atomic mass is 35.5. The van der Waals surface area contributed by atoms with Gasteiger partial charge in [-0.05, 0) is 66.6 Å². The Morgan fingerprint density at radius 2 is 1.74 bits per heavy atom. The van der Waals surface area contributed by atoms with Crippen LogP contribution in [0, 0.1) is 5.82 Å². The zero-order chi connectivity index (χ0) is 27.5. The zero-order valence-electron chi connectivity index (χ0n) is 20.5. The van der Waals surface area contributed by atoms with E-state index in [2.05, 4.69) is 10.2 Å². The van der Waals surface area contributed by atoms with Gasteiger partial charge in [0.1, 0.15) is 17.3 Å². The largest absolute Gasteiger partial charge is 0.507 e. The first-order valence-electron chi connectivity index (χ1n) is 11.9. The first-order chi connectivity index (χ1) is 18.9. The number of nitrogens with zero attached hydrogens (tertiary/aromatic N) is 3. The van der Waals surface area contributed by atoms with Gasteiger partial charge >= 0.3 is 5.91 Å². The average Bonchev–Trinajstić information content (AvgIpc) is 3.51. The lowest BCUT2D eigenvalue weighted by Gasteiger charge is -2.22. The van der Waals surface area contributed by atoms with Crippen LogP contribution in [-0.2, 0) is 15.3 Å². The van der Waals surface area contributed by atoms with Crippen molar-refractivity contribution in [2.75, 3.05) is 11.5 Å². The van der Waals surface area contributed by atoms with Gasteiger partial charge in [-0.3, -0.25) is 14.5 Å². The predicted octanol–water partition coefficient (Wildman–Crippen LogP) is 6.65. The summed E-state index contributed by atoms with van der Waals surface area (Å²) in [5.41, 5.74) is 1.69. The molecular weight excluding hydrogens is 561 g/mol. The van der Waals surface area contributed by atoms with Crippen molar-refractivity contribution >= 4 is 57.3 Å². The highest BCUT2D eigenvalue weighted by molar-refractivity contribution is 8.00. The fraction of sp³-hybridized carbons (Fsp3) is 0.143. The van der Waals surface area contributed by atoms with Crippen LogP contribution in [0.3, 0.4) is 0 Å². The van der Waals surface area contributed by atoms with E-state index in [0.717, 1.165) is 5.56 Å². The molecule has 11 heteroatoms. The molecule has 3 aromatic carbocycles. The van der Waals surface area contributed by atoms with E-state index in [1.54, 1.807) is 36.4 Å². The molecule has 1 aliphatic rings.